The zero-order valence-corrected chi connectivity index (χ0v) is 27.7. The second-order valence-electron chi connectivity index (χ2n) is 13.4. The molecule has 40 heavy (non-hydrogen) atoms. The molecule has 0 saturated carbocycles. The van der Waals surface area contributed by atoms with Crippen molar-refractivity contribution in [3.63, 3.8) is 0 Å². The van der Waals surface area contributed by atoms with Crippen molar-refractivity contribution < 1.29 is 19.1 Å². The summed E-state index contributed by atoms with van der Waals surface area (Å²) < 4.78 is 10.8. The van der Waals surface area contributed by atoms with Gasteiger partial charge in [-0.2, -0.15) is 0 Å². The van der Waals surface area contributed by atoms with Gasteiger partial charge < -0.3 is 9.47 Å². The van der Waals surface area contributed by atoms with Crippen LogP contribution in [0.4, 0.5) is 0 Å². The van der Waals surface area contributed by atoms with E-state index in [1.165, 1.54) is 109 Å². The minimum Gasteiger partial charge on any atom is -0.466 e. The summed E-state index contributed by atoms with van der Waals surface area (Å²) in [7, 11) is 0. The number of carbonyl (C=O) groups is 2. The number of esters is 2. The Morgan fingerprint density at radius 2 is 0.775 bits per heavy atom. The van der Waals surface area contributed by atoms with E-state index in [1.54, 1.807) is 0 Å². The van der Waals surface area contributed by atoms with Crippen molar-refractivity contribution in [2.24, 2.45) is 17.8 Å². The van der Waals surface area contributed by atoms with Crippen molar-refractivity contribution in [3.8, 4) is 0 Å². The Hall–Kier alpha value is -1.06. The lowest BCUT2D eigenvalue weighted by Crippen LogP contribution is -2.10. The molecule has 0 aliphatic heterocycles. The van der Waals surface area contributed by atoms with E-state index in [-0.39, 0.29) is 11.9 Å². The molecular weight excluding hydrogens is 496 g/mol. The van der Waals surface area contributed by atoms with Crippen LogP contribution in [-0.4, -0.2) is 25.2 Å². The molecule has 4 heteroatoms. The number of hydrogen-bond acceptors (Lipinski definition) is 4. The summed E-state index contributed by atoms with van der Waals surface area (Å²) in [5.41, 5.74) is 0. The Morgan fingerprint density at radius 3 is 1.23 bits per heavy atom. The average molecular weight is 567 g/mol. The predicted octanol–water partition coefficient (Wildman–Crippen LogP) is 11.4. The Morgan fingerprint density at radius 1 is 0.425 bits per heavy atom. The fraction of sp³-hybridized carbons (Fsp3) is 0.944. The van der Waals surface area contributed by atoms with Crippen molar-refractivity contribution >= 4 is 11.9 Å². The highest BCUT2D eigenvalue weighted by Crippen LogP contribution is 2.17. The molecule has 0 N–H and O–H groups in total. The molecular formula is C36H70O4. The van der Waals surface area contributed by atoms with Gasteiger partial charge in [-0.3, -0.25) is 9.59 Å². The van der Waals surface area contributed by atoms with Crippen LogP contribution in [0.15, 0.2) is 0 Å². The molecule has 1 atom stereocenters. The monoisotopic (exact) mass is 567 g/mol. The quantitative estimate of drug-likeness (QED) is 0.0641. The zero-order valence-electron chi connectivity index (χ0n) is 27.7. The van der Waals surface area contributed by atoms with Crippen LogP contribution in [0.2, 0.25) is 0 Å². The fourth-order valence-corrected chi connectivity index (χ4v) is 5.26. The topological polar surface area (TPSA) is 52.6 Å². The van der Waals surface area contributed by atoms with E-state index >= 15 is 0 Å². The second kappa shape index (κ2) is 29.4. The van der Waals surface area contributed by atoms with Gasteiger partial charge in [-0.05, 0) is 37.0 Å². The molecule has 238 valence electrons. The van der Waals surface area contributed by atoms with Crippen molar-refractivity contribution in [2.75, 3.05) is 13.2 Å². The Bertz CT molecular complexity index is 557. The molecule has 4 nitrogen and oxygen atoms in total. The van der Waals surface area contributed by atoms with E-state index in [2.05, 4.69) is 34.6 Å². The molecule has 0 aromatic rings. The van der Waals surface area contributed by atoms with E-state index in [0.29, 0.717) is 32.0 Å². The number of rotatable bonds is 30. The van der Waals surface area contributed by atoms with E-state index in [0.717, 1.165) is 43.9 Å². The molecule has 1 unspecified atom stereocenters. The third kappa shape index (κ3) is 31.5. The van der Waals surface area contributed by atoms with Gasteiger partial charge in [0.05, 0.1) is 13.2 Å². The molecule has 0 aliphatic carbocycles. The SMILES string of the molecule is CC(C)CCCCCOC(=O)CCCCCCCCCCCCCCCC(C)CC(=O)OCCCCCC(C)C. The minimum absolute atomic E-state index is 0.00310. The maximum atomic E-state index is 12.0. The predicted molar refractivity (Wildman–Crippen MR) is 172 cm³/mol. The minimum atomic E-state index is -0.00497. The van der Waals surface area contributed by atoms with E-state index < -0.39 is 0 Å². The van der Waals surface area contributed by atoms with E-state index in [1.807, 2.05) is 0 Å². The van der Waals surface area contributed by atoms with E-state index in [4.69, 9.17) is 9.47 Å². The first-order valence-corrected chi connectivity index (χ1v) is 17.6. The molecule has 0 aromatic heterocycles. The van der Waals surface area contributed by atoms with Crippen molar-refractivity contribution in [1.29, 1.82) is 0 Å². The lowest BCUT2D eigenvalue weighted by Gasteiger charge is -2.11. The first-order chi connectivity index (χ1) is 19.3. The van der Waals surface area contributed by atoms with Gasteiger partial charge in [0.1, 0.15) is 0 Å². The lowest BCUT2D eigenvalue weighted by atomic mass is 9.98. The smallest absolute Gasteiger partial charge is 0.306 e. The van der Waals surface area contributed by atoms with Crippen LogP contribution in [0, 0.1) is 17.8 Å². The van der Waals surface area contributed by atoms with Crippen LogP contribution in [-0.2, 0) is 19.1 Å². The van der Waals surface area contributed by atoms with Crippen LogP contribution < -0.4 is 0 Å². The summed E-state index contributed by atoms with van der Waals surface area (Å²) in [6.45, 7) is 12.4. The van der Waals surface area contributed by atoms with Gasteiger partial charge in [0.15, 0.2) is 0 Å². The Balaban J connectivity index is 3.31. The summed E-state index contributed by atoms with van der Waals surface area (Å²) in [6, 6.07) is 0. The number of hydrogen-bond donors (Lipinski definition) is 0. The third-order valence-corrected chi connectivity index (χ3v) is 7.97. The zero-order chi connectivity index (χ0) is 29.7. The number of carbonyl (C=O) groups excluding carboxylic acids is 2. The summed E-state index contributed by atoms with van der Waals surface area (Å²) in [4.78, 5) is 23.8. The van der Waals surface area contributed by atoms with Crippen molar-refractivity contribution in [1.82, 2.24) is 0 Å². The fourth-order valence-electron chi connectivity index (χ4n) is 5.26. The van der Waals surface area contributed by atoms with Gasteiger partial charge in [-0.15, -0.1) is 0 Å². The molecule has 0 spiro atoms. The molecule has 0 heterocycles. The third-order valence-electron chi connectivity index (χ3n) is 7.97. The molecule has 0 radical (unpaired) electrons. The summed E-state index contributed by atoms with van der Waals surface area (Å²) in [6.07, 6.45) is 28.4. The number of unbranched alkanes of at least 4 members (excludes halogenated alkanes) is 16. The number of ether oxygens (including phenoxy) is 2. The Labute approximate surface area is 250 Å². The van der Waals surface area contributed by atoms with Gasteiger partial charge in [-0.25, -0.2) is 0 Å². The highest BCUT2D eigenvalue weighted by molar-refractivity contribution is 5.69. The summed E-state index contributed by atoms with van der Waals surface area (Å²) in [5, 5.41) is 0. The first kappa shape index (κ1) is 38.9. The first-order valence-electron chi connectivity index (χ1n) is 17.6. The maximum absolute atomic E-state index is 12.0. The normalized spacial score (nSPS) is 12.3. The maximum Gasteiger partial charge on any atom is 0.306 e. The highest BCUT2D eigenvalue weighted by atomic mass is 16.5. The van der Waals surface area contributed by atoms with Gasteiger partial charge in [0.2, 0.25) is 0 Å². The molecule has 0 aliphatic rings. The summed E-state index contributed by atoms with van der Waals surface area (Å²) in [5.74, 6) is 1.97. The van der Waals surface area contributed by atoms with Crippen molar-refractivity contribution in [3.05, 3.63) is 0 Å². The van der Waals surface area contributed by atoms with Gasteiger partial charge in [0.25, 0.3) is 0 Å². The molecule has 0 rings (SSSR count). The van der Waals surface area contributed by atoms with Crippen LogP contribution in [0.1, 0.15) is 189 Å². The van der Waals surface area contributed by atoms with Crippen LogP contribution in [0.25, 0.3) is 0 Å². The molecule has 0 aromatic carbocycles. The highest BCUT2D eigenvalue weighted by Gasteiger charge is 2.10. The van der Waals surface area contributed by atoms with Crippen LogP contribution >= 0.6 is 0 Å². The summed E-state index contributed by atoms with van der Waals surface area (Å²) >= 11 is 0. The second-order valence-corrected chi connectivity index (χ2v) is 13.4. The van der Waals surface area contributed by atoms with Gasteiger partial charge in [-0.1, -0.05) is 157 Å². The van der Waals surface area contributed by atoms with Crippen LogP contribution in [0.3, 0.4) is 0 Å². The molecule has 0 saturated heterocycles. The molecule has 0 bridgehead atoms. The van der Waals surface area contributed by atoms with Crippen LogP contribution in [0.5, 0.6) is 0 Å². The average Bonchev–Trinajstić information content (AvgIpc) is 2.90. The standard InChI is InChI=1S/C36H70O4/c1-32(2)25-19-17-23-29-39-35(37)28-22-16-14-12-10-8-6-7-9-11-13-15-21-27-34(5)31-36(38)40-30-24-18-20-26-33(3)4/h32-34H,6-31H2,1-5H3. The van der Waals surface area contributed by atoms with Crippen molar-refractivity contribution in [2.45, 2.75) is 189 Å². The van der Waals surface area contributed by atoms with Gasteiger partial charge >= 0.3 is 11.9 Å². The van der Waals surface area contributed by atoms with Gasteiger partial charge in [0, 0.05) is 12.8 Å². The van der Waals surface area contributed by atoms with E-state index in [9.17, 15) is 9.59 Å². The lowest BCUT2D eigenvalue weighted by molar-refractivity contribution is -0.145. The largest absolute Gasteiger partial charge is 0.466 e. The molecule has 0 amide bonds. The molecule has 0 fully saturated rings. The Kier molecular flexibility index (Phi) is 28.7.